The Morgan fingerprint density at radius 3 is 2.17 bits per heavy atom. The van der Waals surface area contributed by atoms with Crippen LogP contribution in [-0.4, -0.2) is 25.0 Å². The number of hydrogen-bond acceptors (Lipinski definition) is 4. The van der Waals surface area contributed by atoms with Gasteiger partial charge in [-0.3, -0.25) is 4.79 Å². The van der Waals surface area contributed by atoms with Gasteiger partial charge in [0.15, 0.2) is 0 Å². The van der Waals surface area contributed by atoms with Gasteiger partial charge in [0.1, 0.15) is 4.88 Å². The standard InChI is InChI=1S/C18H25N3OS/c1-11-8-13(21(6)7)9-12(2)15(11)20-16(22)14-10-19-17(23-14)18(3,4)5/h8-10H,1-7H3,(H,20,22). The number of rotatable bonds is 3. The molecule has 0 atom stereocenters. The summed E-state index contributed by atoms with van der Waals surface area (Å²) in [4.78, 5) is 19.6. The summed E-state index contributed by atoms with van der Waals surface area (Å²) in [7, 11) is 4.02. The van der Waals surface area contributed by atoms with E-state index in [1.165, 1.54) is 11.3 Å². The van der Waals surface area contributed by atoms with Gasteiger partial charge in [0, 0.05) is 30.9 Å². The molecule has 0 fully saturated rings. The largest absolute Gasteiger partial charge is 0.378 e. The van der Waals surface area contributed by atoms with Gasteiger partial charge in [-0.25, -0.2) is 4.98 Å². The van der Waals surface area contributed by atoms with E-state index in [-0.39, 0.29) is 11.3 Å². The van der Waals surface area contributed by atoms with Crippen LogP contribution in [-0.2, 0) is 5.41 Å². The van der Waals surface area contributed by atoms with Crippen molar-refractivity contribution in [2.24, 2.45) is 0 Å². The molecule has 1 aromatic carbocycles. The fourth-order valence-corrected chi connectivity index (χ4v) is 3.17. The van der Waals surface area contributed by atoms with Crippen LogP contribution < -0.4 is 10.2 Å². The fraction of sp³-hybridized carbons (Fsp3) is 0.444. The molecule has 23 heavy (non-hydrogen) atoms. The van der Waals surface area contributed by atoms with Crippen LogP contribution in [0.2, 0.25) is 0 Å². The third kappa shape index (κ3) is 3.91. The summed E-state index contributed by atoms with van der Waals surface area (Å²) in [6.45, 7) is 10.3. The molecule has 2 rings (SSSR count). The second kappa shape index (κ2) is 6.32. The molecule has 124 valence electrons. The highest BCUT2D eigenvalue weighted by molar-refractivity contribution is 7.13. The molecule has 0 radical (unpaired) electrons. The molecule has 5 heteroatoms. The topological polar surface area (TPSA) is 45.2 Å². The lowest BCUT2D eigenvalue weighted by atomic mass is 9.98. The quantitative estimate of drug-likeness (QED) is 0.908. The van der Waals surface area contributed by atoms with E-state index in [0.29, 0.717) is 4.88 Å². The van der Waals surface area contributed by atoms with Crippen LogP contribution in [0.15, 0.2) is 18.3 Å². The average molecular weight is 331 g/mol. The van der Waals surface area contributed by atoms with Crippen LogP contribution in [0.1, 0.15) is 46.6 Å². The molecule has 1 amide bonds. The molecule has 0 saturated carbocycles. The zero-order chi connectivity index (χ0) is 17.4. The third-order valence-corrected chi connectivity index (χ3v) is 5.07. The van der Waals surface area contributed by atoms with Crippen molar-refractivity contribution in [1.82, 2.24) is 4.98 Å². The second-order valence-electron chi connectivity index (χ2n) is 7.08. The van der Waals surface area contributed by atoms with E-state index in [2.05, 4.69) is 48.1 Å². The lowest BCUT2D eigenvalue weighted by Gasteiger charge is -2.18. The van der Waals surface area contributed by atoms with Crippen LogP contribution in [0.4, 0.5) is 11.4 Å². The predicted octanol–water partition coefficient (Wildman–Crippen LogP) is 4.38. The summed E-state index contributed by atoms with van der Waals surface area (Å²) in [5, 5.41) is 4.01. The number of amides is 1. The summed E-state index contributed by atoms with van der Waals surface area (Å²) in [6.07, 6.45) is 1.67. The van der Waals surface area contributed by atoms with Crippen LogP contribution in [0.5, 0.6) is 0 Å². The number of benzene rings is 1. The number of carbonyl (C=O) groups is 1. The molecule has 0 aliphatic carbocycles. The van der Waals surface area contributed by atoms with Crippen molar-refractivity contribution in [3.63, 3.8) is 0 Å². The first-order chi connectivity index (χ1) is 10.6. The van der Waals surface area contributed by atoms with Crippen molar-refractivity contribution in [3.8, 4) is 0 Å². The van der Waals surface area contributed by atoms with E-state index < -0.39 is 0 Å². The molecule has 0 unspecified atom stereocenters. The van der Waals surface area contributed by atoms with Crippen molar-refractivity contribution < 1.29 is 4.79 Å². The number of thiazole rings is 1. The van der Waals surface area contributed by atoms with Crippen LogP contribution >= 0.6 is 11.3 Å². The number of anilines is 2. The van der Waals surface area contributed by atoms with E-state index in [1.54, 1.807) is 6.20 Å². The molecule has 4 nitrogen and oxygen atoms in total. The van der Waals surface area contributed by atoms with Crippen molar-refractivity contribution in [3.05, 3.63) is 39.3 Å². The Morgan fingerprint density at radius 1 is 1.17 bits per heavy atom. The minimum atomic E-state index is -0.0956. The Balaban J connectivity index is 2.25. The minimum absolute atomic E-state index is 0.0393. The van der Waals surface area contributed by atoms with E-state index in [4.69, 9.17) is 0 Å². The maximum Gasteiger partial charge on any atom is 0.267 e. The van der Waals surface area contributed by atoms with Gasteiger partial charge in [0.25, 0.3) is 5.91 Å². The first-order valence-corrected chi connectivity index (χ1v) is 8.47. The number of nitrogens with one attached hydrogen (secondary N) is 1. The van der Waals surface area contributed by atoms with Gasteiger partial charge in [-0.15, -0.1) is 11.3 Å². The van der Waals surface area contributed by atoms with Gasteiger partial charge in [0.05, 0.1) is 11.2 Å². The summed E-state index contributed by atoms with van der Waals surface area (Å²) < 4.78 is 0. The number of hydrogen-bond donors (Lipinski definition) is 1. The number of nitrogens with zero attached hydrogens (tertiary/aromatic N) is 2. The van der Waals surface area contributed by atoms with Gasteiger partial charge >= 0.3 is 0 Å². The highest BCUT2D eigenvalue weighted by Gasteiger charge is 2.21. The zero-order valence-corrected chi connectivity index (χ0v) is 15.8. The molecule has 1 aromatic heterocycles. The normalized spacial score (nSPS) is 11.4. The van der Waals surface area contributed by atoms with E-state index >= 15 is 0 Å². The van der Waals surface area contributed by atoms with Crippen molar-refractivity contribution in [1.29, 1.82) is 0 Å². The summed E-state index contributed by atoms with van der Waals surface area (Å²) in [5.74, 6) is -0.0956. The molecule has 0 aliphatic heterocycles. The van der Waals surface area contributed by atoms with Crippen LogP contribution in [0, 0.1) is 13.8 Å². The van der Waals surface area contributed by atoms with Crippen LogP contribution in [0.25, 0.3) is 0 Å². The Kier molecular flexibility index (Phi) is 4.80. The number of aromatic nitrogens is 1. The molecule has 0 spiro atoms. The highest BCUT2D eigenvalue weighted by Crippen LogP contribution is 2.29. The smallest absolute Gasteiger partial charge is 0.267 e. The highest BCUT2D eigenvalue weighted by atomic mass is 32.1. The van der Waals surface area contributed by atoms with E-state index in [1.807, 2.05) is 27.9 Å². The predicted molar refractivity (Wildman–Crippen MR) is 99.0 cm³/mol. The van der Waals surface area contributed by atoms with Gasteiger partial charge < -0.3 is 10.2 Å². The van der Waals surface area contributed by atoms with E-state index in [9.17, 15) is 4.79 Å². The lowest BCUT2D eigenvalue weighted by molar-refractivity contribution is 0.103. The fourth-order valence-electron chi connectivity index (χ4n) is 2.30. The summed E-state index contributed by atoms with van der Waals surface area (Å²) in [5.41, 5.74) is 4.09. The summed E-state index contributed by atoms with van der Waals surface area (Å²) >= 11 is 1.46. The molecule has 2 aromatic rings. The first kappa shape index (κ1) is 17.5. The monoisotopic (exact) mass is 331 g/mol. The lowest BCUT2D eigenvalue weighted by Crippen LogP contribution is -2.14. The van der Waals surface area contributed by atoms with Crippen molar-refractivity contribution >= 4 is 28.6 Å². The number of aryl methyl sites for hydroxylation is 2. The molecular weight excluding hydrogens is 306 g/mol. The molecule has 0 bridgehead atoms. The second-order valence-corrected chi connectivity index (χ2v) is 8.11. The van der Waals surface area contributed by atoms with Crippen molar-refractivity contribution in [2.75, 3.05) is 24.3 Å². The molecule has 1 N–H and O–H groups in total. The zero-order valence-electron chi connectivity index (χ0n) is 14.9. The Morgan fingerprint density at radius 2 is 1.74 bits per heavy atom. The Hall–Kier alpha value is -1.88. The van der Waals surface area contributed by atoms with Crippen molar-refractivity contribution in [2.45, 2.75) is 40.0 Å². The SMILES string of the molecule is Cc1cc(N(C)C)cc(C)c1NC(=O)c1cnc(C(C)(C)C)s1. The molecular formula is C18H25N3OS. The maximum absolute atomic E-state index is 12.5. The van der Waals surface area contributed by atoms with Gasteiger partial charge in [0.2, 0.25) is 0 Å². The first-order valence-electron chi connectivity index (χ1n) is 7.66. The molecule has 0 saturated heterocycles. The van der Waals surface area contributed by atoms with Gasteiger partial charge in [-0.2, -0.15) is 0 Å². The average Bonchev–Trinajstić information content (AvgIpc) is 2.92. The minimum Gasteiger partial charge on any atom is -0.378 e. The Labute approximate surface area is 142 Å². The third-order valence-electron chi connectivity index (χ3n) is 3.64. The molecule has 1 heterocycles. The van der Waals surface area contributed by atoms with Crippen LogP contribution in [0.3, 0.4) is 0 Å². The summed E-state index contributed by atoms with van der Waals surface area (Å²) in [6, 6.07) is 4.16. The van der Waals surface area contributed by atoms with E-state index in [0.717, 1.165) is 27.5 Å². The van der Waals surface area contributed by atoms with Gasteiger partial charge in [-0.1, -0.05) is 20.8 Å². The number of carbonyl (C=O) groups excluding carboxylic acids is 1. The Bertz CT molecular complexity index is 703. The molecule has 0 aliphatic rings. The van der Waals surface area contributed by atoms with Gasteiger partial charge in [-0.05, 0) is 37.1 Å². The maximum atomic E-state index is 12.5.